The van der Waals surface area contributed by atoms with Crippen LogP contribution in [0.25, 0.3) is 11.2 Å². The van der Waals surface area contributed by atoms with Crippen molar-refractivity contribution in [3.63, 3.8) is 0 Å². The summed E-state index contributed by atoms with van der Waals surface area (Å²) in [7, 11) is -4.42. The number of phosphoric acid groups is 1. The molecule has 5 N–H and O–H groups in total. The first-order valence-electron chi connectivity index (χ1n) is 8.59. The third-order valence-corrected chi connectivity index (χ3v) is 5.46. The predicted molar refractivity (Wildman–Crippen MR) is 93.9 cm³/mol. The van der Waals surface area contributed by atoms with Crippen molar-refractivity contribution in [1.82, 2.24) is 19.5 Å². The van der Waals surface area contributed by atoms with Crippen molar-refractivity contribution in [2.24, 2.45) is 0 Å². The third-order valence-electron chi connectivity index (χ3n) is 4.48. The molecule has 30 heavy (non-hydrogen) atoms. The fourth-order valence-electron chi connectivity index (χ4n) is 3.22. The van der Waals surface area contributed by atoms with Gasteiger partial charge in [0.1, 0.15) is 12.2 Å². The number of nitrogens with one attached hydrogen (secondary N) is 1. The molecule has 0 aliphatic carbocycles. The number of anilines is 1. The SMILES string of the molecule is Nc1nc2c(ncn2[C@@H]2O[C@@H]3COP(=O)(O)O[C@H]3[C@H]2OC(=O)CCC(=O)O)c(=O)[nH]1. The van der Waals surface area contributed by atoms with Gasteiger partial charge >= 0.3 is 19.8 Å². The molecule has 2 aliphatic rings. The molecule has 0 spiro atoms. The van der Waals surface area contributed by atoms with Crippen LogP contribution in [0, 0.1) is 0 Å². The predicted octanol–water partition coefficient (Wildman–Crippen LogP) is -1.11. The van der Waals surface area contributed by atoms with Gasteiger partial charge in [0.15, 0.2) is 23.5 Å². The summed E-state index contributed by atoms with van der Waals surface area (Å²) >= 11 is 0. The van der Waals surface area contributed by atoms with Gasteiger partial charge in [-0.25, -0.2) is 9.55 Å². The quantitative estimate of drug-likeness (QED) is 0.317. The highest BCUT2D eigenvalue weighted by Crippen LogP contribution is 2.53. The molecule has 2 saturated heterocycles. The Kier molecular flexibility index (Phi) is 5.07. The van der Waals surface area contributed by atoms with E-state index in [9.17, 15) is 23.8 Å². The Hall–Kier alpha value is -2.84. The first kappa shape index (κ1) is 20.4. The minimum atomic E-state index is -4.42. The number of carbonyl (C=O) groups excluding carboxylic acids is 1. The van der Waals surface area contributed by atoms with Crippen LogP contribution in [-0.4, -0.2) is 66.4 Å². The molecule has 2 aromatic heterocycles. The first-order valence-corrected chi connectivity index (χ1v) is 10.1. The van der Waals surface area contributed by atoms with Crippen molar-refractivity contribution in [2.75, 3.05) is 12.3 Å². The zero-order valence-electron chi connectivity index (χ0n) is 15.0. The molecular weight excluding hydrogens is 429 g/mol. The number of hydrogen-bond acceptors (Lipinski definition) is 11. The second kappa shape index (κ2) is 7.45. The second-order valence-electron chi connectivity index (χ2n) is 6.52. The first-order chi connectivity index (χ1) is 14.1. The minimum absolute atomic E-state index is 0.0135. The number of carbonyl (C=O) groups is 2. The van der Waals surface area contributed by atoms with E-state index in [1.807, 2.05) is 0 Å². The van der Waals surface area contributed by atoms with E-state index in [1.54, 1.807) is 0 Å². The number of ether oxygens (including phenoxy) is 2. The molecule has 1 unspecified atom stereocenters. The Bertz CT molecular complexity index is 1110. The summed E-state index contributed by atoms with van der Waals surface area (Å²) < 4.78 is 34.0. The van der Waals surface area contributed by atoms with Gasteiger partial charge in [0.25, 0.3) is 5.56 Å². The smallest absolute Gasteiger partial charge is 0.472 e. The van der Waals surface area contributed by atoms with Crippen LogP contribution < -0.4 is 11.3 Å². The number of esters is 1. The van der Waals surface area contributed by atoms with Crippen LogP contribution in [0.1, 0.15) is 19.1 Å². The maximum atomic E-state index is 12.2. The average Bonchev–Trinajstić information content (AvgIpc) is 3.21. The number of rotatable bonds is 5. The number of aromatic nitrogens is 4. The summed E-state index contributed by atoms with van der Waals surface area (Å²) in [5.74, 6) is -2.29. The largest absolute Gasteiger partial charge is 0.481 e. The second-order valence-corrected chi connectivity index (χ2v) is 7.93. The number of nitrogen functional groups attached to an aromatic ring is 1. The van der Waals surface area contributed by atoms with Crippen molar-refractivity contribution in [3.8, 4) is 0 Å². The zero-order chi connectivity index (χ0) is 21.6. The maximum Gasteiger partial charge on any atom is 0.472 e. The average molecular weight is 445 g/mol. The monoisotopic (exact) mass is 445 g/mol. The van der Waals surface area contributed by atoms with Crippen molar-refractivity contribution < 1.29 is 42.7 Å². The lowest BCUT2D eigenvalue weighted by molar-refractivity contribution is -0.160. The maximum absolute atomic E-state index is 12.2. The number of nitrogens with zero attached hydrogens (tertiary/aromatic N) is 3. The van der Waals surface area contributed by atoms with Crippen LogP contribution >= 0.6 is 7.82 Å². The van der Waals surface area contributed by atoms with E-state index in [-0.39, 0.29) is 23.7 Å². The summed E-state index contributed by atoms with van der Waals surface area (Å²) in [4.78, 5) is 54.8. The summed E-state index contributed by atoms with van der Waals surface area (Å²) in [5.41, 5.74) is 4.92. The molecule has 0 aromatic carbocycles. The lowest BCUT2D eigenvalue weighted by atomic mass is 10.1. The zero-order valence-corrected chi connectivity index (χ0v) is 15.9. The molecule has 4 heterocycles. The molecular formula is C14H16N5O10P. The van der Waals surface area contributed by atoms with Crippen LogP contribution in [0.2, 0.25) is 0 Å². The van der Waals surface area contributed by atoms with Gasteiger partial charge in [0.05, 0.1) is 25.8 Å². The Labute approximate surface area is 166 Å². The van der Waals surface area contributed by atoms with E-state index in [4.69, 9.17) is 29.4 Å². The summed E-state index contributed by atoms with van der Waals surface area (Å²) in [6.07, 6.45) is -4.29. The van der Waals surface area contributed by atoms with E-state index in [2.05, 4.69) is 15.0 Å². The Morgan fingerprint density at radius 2 is 2.20 bits per heavy atom. The molecule has 15 nitrogen and oxygen atoms in total. The summed E-state index contributed by atoms with van der Waals surface area (Å²) in [6.45, 7) is -0.332. The molecule has 0 bridgehead atoms. The molecule has 4 rings (SSSR count). The fourth-order valence-corrected chi connectivity index (χ4v) is 4.18. The summed E-state index contributed by atoms with van der Waals surface area (Å²) in [6, 6.07) is 0. The highest BCUT2D eigenvalue weighted by atomic mass is 31.2. The molecule has 5 atom stereocenters. The Balaban J connectivity index is 1.70. The molecule has 0 radical (unpaired) electrons. The number of nitrogens with two attached hydrogens (primary N) is 1. The third kappa shape index (κ3) is 3.80. The van der Waals surface area contributed by atoms with Crippen LogP contribution in [0.4, 0.5) is 5.95 Å². The van der Waals surface area contributed by atoms with Gasteiger partial charge in [-0.2, -0.15) is 4.98 Å². The van der Waals surface area contributed by atoms with Gasteiger partial charge in [0, 0.05) is 0 Å². The van der Waals surface area contributed by atoms with Crippen molar-refractivity contribution in [1.29, 1.82) is 0 Å². The highest BCUT2D eigenvalue weighted by molar-refractivity contribution is 7.47. The lowest BCUT2D eigenvalue weighted by Crippen LogP contribution is -2.41. The van der Waals surface area contributed by atoms with E-state index >= 15 is 0 Å². The number of carboxylic acids is 1. The van der Waals surface area contributed by atoms with Gasteiger partial charge in [-0.1, -0.05) is 0 Å². The molecule has 16 heteroatoms. The molecule has 0 amide bonds. The van der Waals surface area contributed by atoms with E-state index in [0.717, 1.165) is 0 Å². The minimum Gasteiger partial charge on any atom is -0.481 e. The number of H-pyrrole nitrogens is 1. The number of aliphatic carboxylic acids is 1. The van der Waals surface area contributed by atoms with E-state index in [1.165, 1.54) is 10.9 Å². The van der Waals surface area contributed by atoms with Crippen LogP contribution in [0.5, 0.6) is 0 Å². The van der Waals surface area contributed by atoms with E-state index in [0.29, 0.717) is 0 Å². The summed E-state index contributed by atoms with van der Waals surface area (Å²) in [5, 5.41) is 8.74. The topological polar surface area (TPSA) is 218 Å². The van der Waals surface area contributed by atoms with Crippen molar-refractivity contribution in [2.45, 2.75) is 37.4 Å². The number of imidazole rings is 1. The molecule has 2 aromatic rings. The van der Waals surface area contributed by atoms with E-state index < -0.39 is 62.7 Å². The van der Waals surface area contributed by atoms with Crippen LogP contribution in [0.3, 0.4) is 0 Å². The van der Waals surface area contributed by atoms with Gasteiger partial charge in [-0.15, -0.1) is 0 Å². The van der Waals surface area contributed by atoms with Crippen molar-refractivity contribution >= 4 is 36.9 Å². The van der Waals surface area contributed by atoms with Crippen LogP contribution in [0.15, 0.2) is 11.1 Å². The van der Waals surface area contributed by atoms with Gasteiger partial charge in [-0.05, 0) is 0 Å². The van der Waals surface area contributed by atoms with Gasteiger partial charge in [-0.3, -0.25) is 33.0 Å². The normalized spacial score (nSPS) is 30.8. The van der Waals surface area contributed by atoms with Crippen LogP contribution in [-0.2, 0) is 32.7 Å². The van der Waals surface area contributed by atoms with Gasteiger partial charge in [0.2, 0.25) is 5.95 Å². The number of aromatic amines is 1. The Morgan fingerprint density at radius 1 is 1.43 bits per heavy atom. The molecule has 162 valence electrons. The fraction of sp³-hybridized carbons (Fsp3) is 0.500. The number of fused-ring (bicyclic) bond motifs is 2. The molecule has 2 fully saturated rings. The Morgan fingerprint density at radius 3 is 2.93 bits per heavy atom. The lowest BCUT2D eigenvalue weighted by Gasteiger charge is -2.29. The number of phosphoric ester groups is 1. The highest BCUT2D eigenvalue weighted by Gasteiger charge is 2.55. The van der Waals surface area contributed by atoms with Gasteiger partial charge < -0.3 is 25.2 Å². The standard InChI is InChI=1S/C14H16N5O10P/c15-14-17-11-8(12(23)18-14)16-4-19(11)13-10(28-7(22)2-1-6(20)21)9-5(27-13)3-26-30(24,25)29-9/h4-5,9-10,13H,1-3H2,(H,20,21)(H,24,25)(H3,15,17,18,23)/t5-,9-,10-,13-/m1/s1. The van der Waals surface area contributed by atoms with Crippen molar-refractivity contribution in [3.05, 3.63) is 16.7 Å². The number of hydrogen-bond donors (Lipinski definition) is 4. The molecule has 0 saturated carbocycles. The number of carboxylic acid groups (broad SMARTS) is 1. The molecule has 2 aliphatic heterocycles.